The number of carbonyl (C=O) groups is 2. The van der Waals surface area contributed by atoms with Gasteiger partial charge in [0, 0.05) is 24.5 Å². The third-order valence-electron chi connectivity index (χ3n) is 6.10. The van der Waals surface area contributed by atoms with Crippen molar-refractivity contribution in [3.8, 4) is 0 Å². The topological polar surface area (TPSA) is 71.5 Å². The minimum absolute atomic E-state index is 0.133. The second-order valence-corrected chi connectivity index (χ2v) is 8.22. The van der Waals surface area contributed by atoms with Crippen LogP contribution in [0, 0.1) is 11.7 Å². The van der Waals surface area contributed by atoms with Gasteiger partial charge in [-0.2, -0.15) is 0 Å². The molecule has 1 spiro atoms. The number of rotatable bonds is 4. The Bertz CT molecular complexity index is 913. The van der Waals surface area contributed by atoms with Gasteiger partial charge in [-0.25, -0.2) is 4.39 Å². The molecule has 2 fully saturated rings. The SMILES string of the molecule is CC1CCC2(CC1)OCC(C(=O)NCc1cccnc1)N2C(=O)c1cccc(F)c1. The first kappa shape index (κ1) is 20.5. The van der Waals surface area contributed by atoms with Gasteiger partial charge < -0.3 is 10.1 Å². The molecule has 1 atom stereocenters. The summed E-state index contributed by atoms with van der Waals surface area (Å²) in [4.78, 5) is 32.1. The van der Waals surface area contributed by atoms with Crippen LogP contribution in [0.4, 0.5) is 4.39 Å². The standard InChI is InChI=1S/C23H26FN3O3/c1-16-7-9-23(10-8-16)27(22(29)18-5-2-6-19(24)12-18)20(15-30-23)21(28)26-14-17-4-3-11-25-13-17/h2-6,11-13,16,20H,7-10,14-15H2,1H3,(H,26,28). The Hall–Kier alpha value is -2.80. The highest BCUT2D eigenvalue weighted by Crippen LogP contribution is 2.43. The van der Waals surface area contributed by atoms with Gasteiger partial charge in [-0.1, -0.05) is 19.1 Å². The maximum Gasteiger partial charge on any atom is 0.256 e. The Labute approximate surface area is 175 Å². The summed E-state index contributed by atoms with van der Waals surface area (Å²) in [7, 11) is 0. The maximum atomic E-state index is 13.8. The number of pyridine rings is 1. The highest BCUT2D eigenvalue weighted by molar-refractivity contribution is 5.98. The summed E-state index contributed by atoms with van der Waals surface area (Å²) in [6.45, 7) is 2.63. The summed E-state index contributed by atoms with van der Waals surface area (Å²) in [5, 5.41) is 2.89. The third kappa shape index (κ3) is 4.07. The average molecular weight is 411 g/mol. The first-order valence-corrected chi connectivity index (χ1v) is 10.4. The van der Waals surface area contributed by atoms with Gasteiger partial charge in [0.1, 0.15) is 17.6 Å². The number of amides is 2. The molecule has 2 amide bonds. The van der Waals surface area contributed by atoms with Crippen LogP contribution in [0.2, 0.25) is 0 Å². The van der Waals surface area contributed by atoms with E-state index in [1.54, 1.807) is 29.4 Å². The Kier molecular flexibility index (Phi) is 5.81. The Morgan fingerprint density at radius 3 is 2.77 bits per heavy atom. The minimum Gasteiger partial charge on any atom is -0.353 e. The van der Waals surface area contributed by atoms with E-state index in [2.05, 4.69) is 17.2 Å². The number of hydrogen-bond acceptors (Lipinski definition) is 4. The van der Waals surface area contributed by atoms with Gasteiger partial charge >= 0.3 is 0 Å². The normalized spacial score (nSPS) is 26.0. The molecule has 158 valence electrons. The van der Waals surface area contributed by atoms with Crippen molar-refractivity contribution in [1.29, 1.82) is 0 Å². The molecule has 4 rings (SSSR count). The molecular weight excluding hydrogens is 385 g/mol. The van der Waals surface area contributed by atoms with E-state index in [0.29, 0.717) is 25.3 Å². The van der Waals surface area contributed by atoms with E-state index < -0.39 is 17.6 Å². The van der Waals surface area contributed by atoms with Crippen LogP contribution in [0.3, 0.4) is 0 Å². The Balaban J connectivity index is 1.58. The number of ether oxygens (including phenoxy) is 1. The fourth-order valence-electron chi connectivity index (χ4n) is 4.35. The fraction of sp³-hybridized carbons (Fsp3) is 0.435. The van der Waals surface area contributed by atoms with Crippen molar-refractivity contribution in [2.24, 2.45) is 5.92 Å². The number of hydrogen-bond donors (Lipinski definition) is 1. The largest absolute Gasteiger partial charge is 0.353 e. The molecule has 0 radical (unpaired) electrons. The molecule has 0 bridgehead atoms. The molecule has 6 nitrogen and oxygen atoms in total. The number of carbonyl (C=O) groups excluding carboxylic acids is 2. The summed E-state index contributed by atoms with van der Waals surface area (Å²) in [6.07, 6.45) is 6.52. The van der Waals surface area contributed by atoms with Crippen LogP contribution in [0.1, 0.15) is 48.5 Å². The molecule has 30 heavy (non-hydrogen) atoms. The van der Waals surface area contributed by atoms with Gasteiger partial charge in [0.25, 0.3) is 5.91 Å². The lowest BCUT2D eigenvalue weighted by molar-refractivity contribution is -0.128. The zero-order chi connectivity index (χ0) is 21.1. The first-order valence-electron chi connectivity index (χ1n) is 10.4. The number of nitrogens with one attached hydrogen (secondary N) is 1. The Morgan fingerprint density at radius 1 is 1.27 bits per heavy atom. The van der Waals surface area contributed by atoms with E-state index in [1.165, 1.54) is 18.2 Å². The number of nitrogens with zero attached hydrogens (tertiary/aromatic N) is 2. The van der Waals surface area contributed by atoms with Crippen molar-refractivity contribution in [2.45, 2.75) is 50.9 Å². The number of benzene rings is 1. The van der Waals surface area contributed by atoms with E-state index in [9.17, 15) is 14.0 Å². The van der Waals surface area contributed by atoms with Crippen LogP contribution in [-0.4, -0.2) is 40.1 Å². The molecule has 1 N–H and O–H groups in total. The highest BCUT2D eigenvalue weighted by atomic mass is 19.1. The lowest BCUT2D eigenvalue weighted by Crippen LogP contribution is -2.56. The van der Waals surface area contributed by atoms with Crippen molar-refractivity contribution in [1.82, 2.24) is 15.2 Å². The molecule has 2 heterocycles. The van der Waals surface area contributed by atoms with Crippen molar-refractivity contribution >= 4 is 11.8 Å². The summed E-state index contributed by atoms with van der Waals surface area (Å²) in [5.41, 5.74) is 0.282. The molecule has 1 saturated carbocycles. The van der Waals surface area contributed by atoms with Crippen LogP contribution < -0.4 is 5.32 Å². The molecule has 1 aromatic carbocycles. The highest BCUT2D eigenvalue weighted by Gasteiger charge is 2.53. The molecule has 1 aromatic heterocycles. The molecular formula is C23H26FN3O3. The summed E-state index contributed by atoms with van der Waals surface area (Å²) < 4.78 is 19.9. The third-order valence-corrected chi connectivity index (χ3v) is 6.10. The lowest BCUT2D eigenvalue weighted by Gasteiger charge is -2.43. The van der Waals surface area contributed by atoms with Crippen LogP contribution in [-0.2, 0) is 16.1 Å². The maximum absolute atomic E-state index is 13.8. The molecule has 1 aliphatic carbocycles. The van der Waals surface area contributed by atoms with Gasteiger partial charge in [0.05, 0.1) is 6.61 Å². The van der Waals surface area contributed by atoms with Crippen LogP contribution >= 0.6 is 0 Å². The summed E-state index contributed by atoms with van der Waals surface area (Å²) in [6, 6.07) is 8.51. The lowest BCUT2D eigenvalue weighted by atomic mass is 9.83. The quantitative estimate of drug-likeness (QED) is 0.838. The summed E-state index contributed by atoms with van der Waals surface area (Å²) in [5.74, 6) is -0.587. The van der Waals surface area contributed by atoms with E-state index in [0.717, 1.165) is 18.4 Å². The second-order valence-electron chi connectivity index (χ2n) is 8.22. The predicted molar refractivity (Wildman–Crippen MR) is 109 cm³/mol. The van der Waals surface area contributed by atoms with Crippen LogP contribution in [0.25, 0.3) is 0 Å². The van der Waals surface area contributed by atoms with E-state index in [4.69, 9.17) is 4.74 Å². The van der Waals surface area contributed by atoms with Crippen molar-refractivity contribution in [3.63, 3.8) is 0 Å². The average Bonchev–Trinajstić information content (AvgIpc) is 3.13. The molecule has 1 unspecified atom stereocenters. The zero-order valence-electron chi connectivity index (χ0n) is 17.0. The van der Waals surface area contributed by atoms with E-state index in [1.807, 2.05) is 6.07 Å². The van der Waals surface area contributed by atoms with Gasteiger partial charge in [-0.05, 0) is 61.4 Å². The monoisotopic (exact) mass is 411 g/mol. The van der Waals surface area contributed by atoms with Gasteiger partial charge in [-0.3, -0.25) is 19.5 Å². The van der Waals surface area contributed by atoms with Gasteiger partial charge in [0.15, 0.2) is 0 Å². The van der Waals surface area contributed by atoms with Crippen molar-refractivity contribution in [2.75, 3.05) is 6.61 Å². The van der Waals surface area contributed by atoms with Crippen molar-refractivity contribution < 1.29 is 18.7 Å². The molecule has 1 saturated heterocycles. The predicted octanol–water partition coefficient (Wildman–Crippen LogP) is 3.28. The second kappa shape index (κ2) is 8.52. The Morgan fingerprint density at radius 2 is 2.07 bits per heavy atom. The van der Waals surface area contributed by atoms with Crippen LogP contribution in [0.5, 0.6) is 0 Å². The zero-order valence-corrected chi connectivity index (χ0v) is 17.0. The molecule has 2 aromatic rings. The summed E-state index contributed by atoms with van der Waals surface area (Å²) >= 11 is 0. The minimum atomic E-state index is -0.813. The van der Waals surface area contributed by atoms with Crippen LogP contribution in [0.15, 0.2) is 48.8 Å². The molecule has 2 aliphatic rings. The number of halogens is 1. The smallest absolute Gasteiger partial charge is 0.256 e. The molecule has 1 aliphatic heterocycles. The molecule has 7 heteroatoms. The van der Waals surface area contributed by atoms with Gasteiger partial charge in [0.2, 0.25) is 5.91 Å². The fourth-order valence-corrected chi connectivity index (χ4v) is 4.35. The van der Waals surface area contributed by atoms with E-state index in [-0.39, 0.29) is 24.0 Å². The van der Waals surface area contributed by atoms with E-state index >= 15 is 0 Å². The number of aromatic nitrogens is 1. The van der Waals surface area contributed by atoms with Crippen molar-refractivity contribution in [3.05, 3.63) is 65.7 Å². The first-order chi connectivity index (χ1) is 14.5. The van der Waals surface area contributed by atoms with Gasteiger partial charge in [-0.15, -0.1) is 0 Å².